The molecule has 0 aliphatic rings. The Bertz CT molecular complexity index is 232. The molecule has 0 saturated carbocycles. The van der Waals surface area contributed by atoms with Gasteiger partial charge in [-0.25, -0.2) is 4.98 Å². The van der Waals surface area contributed by atoms with Crippen LogP contribution in [0.3, 0.4) is 0 Å². The first-order valence-corrected chi connectivity index (χ1v) is 2.25. The molecular weight excluding hydrogens is 104 g/mol. The molecule has 0 aromatic carbocycles. The maximum absolute atomic E-state index is 4.78. The number of rotatable bonds is 0. The van der Waals surface area contributed by atoms with Crippen LogP contribution in [0.2, 0.25) is 0 Å². The highest BCUT2D eigenvalue weighted by atomic mass is 16.3. The molecule has 0 spiro atoms. The molecule has 0 saturated heterocycles. The standard InChI is InChI=1S/C5H3N2O/c1-2-7-3-4-8-5(7)6-1/h1-3H. The summed E-state index contributed by atoms with van der Waals surface area (Å²) in [6, 6.07) is 0. The van der Waals surface area contributed by atoms with Gasteiger partial charge in [0.1, 0.15) is 0 Å². The van der Waals surface area contributed by atoms with Crippen LogP contribution in [0, 0.1) is 6.26 Å². The number of aromatic nitrogens is 2. The van der Waals surface area contributed by atoms with Crippen molar-refractivity contribution in [3.05, 3.63) is 24.9 Å². The van der Waals surface area contributed by atoms with Gasteiger partial charge in [-0.05, 0) is 0 Å². The normalized spacial score (nSPS) is 10.5. The third-order valence-electron chi connectivity index (χ3n) is 0.975. The highest BCUT2D eigenvalue weighted by Crippen LogP contribution is 1.97. The van der Waals surface area contributed by atoms with Crippen molar-refractivity contribution in [2.75, 3.05) is 0 Å². The molecule has 0 aliphatic carbocycles. The number of oxazole rings is 1. The quantitative estimate of drug-likeness (QED) is 0.496. The lowest BCUT2D eigenvalue weighted by atomic mass is 10.9. The van der Waals surface area contributed by atoms with Crippen LogP contribution in [-0.4, -0.2) is 9.38 Å². The number of hydrogen-bond acceptors (Lipinski definition) is 2. The monoisotopic (exact) mass is 107 g/mol. The highest BCUT2D eigenvalue weighted by Gasteiger charge is 1.91. The molecular formula is C5H3N2O. The second kappa shape index (κ2) is 1.12. The summed E-state index contributed by atoms with van der Waals surface area (Å²) in [6.07, 6.45) is 7.70. The smallest absolute Gasteiger partial charge is 0.306 e. The van der Waals surface area contributed by atoms with Gasteiger partial charge in [-0.3, -0.25) is 4.40 Å². The zero-order chi connectivity index (χ0) is 5.40. The summed E-state index contributed by atoms with van der Waals surface area (Å²) in [5.41, 5.74) is 0. The number of nitrogens with zero attached hydrogens (tertiary/aromatic N) is 2. The summed E-state index contributed by atoms with van der Waals surface area (Å²) in [5.74, 6) is 0.588. The second-order valence-corrected chi connectivity index (χ2v) is 1.47. The summed E-state index contributed by atoms with van der Waals surface area (Å²) in [6.45, 7) is 0. The molecule has 2 aromatic heterocycles. The topological polar surface area (TPSA) is 30.4 Å². The van der Waals surface area contributed by atoms with Crippen LogP contribution in [0.1, 0.15) is 0 Å². The van der Waals surface area contributed by atoms with E-state index in [0.29, 0.717) is 5.84 Å². The van der Waals surface area contributed by atoms with Gasteiger partial charge in [0.15, 0.2) is 6.26 Å². The van der Waals surface area contributed by atoms with Crippen LogP contribution in [-0.2, 0) is 0 Å². The van der Waals surface area contributed by atoms with Crippen LogP contribution < -0.4 is 0 Å². The Morgan fingerprint density at radius 2 is 2.75 bits per heavy atom. The molecule has 0 N–H and O–H groups in total. The van der Waals surface area contributed by atoms with E-state index in [9.17, 15) is 0 Å². The van der Waals surface area contributed by atoms with Crippen molar-refractivity contribution in [3.8, 4) is 0 Å². The Balaban J connectivity index is 3.06. The molecule has 2 heterocycles. The lowest BCUT2D eigenvalue weighted by molar-refractivity contribution is 0.587. The summed E-state index contributed by atoms with van der Waals surface area (Å²) < 4.78 is 6.53. The van der Waals surface area contributed by atoms with Gasteiger partial charge in [0.2, 0.25) is 0 Å². The maximum atomic E-state index is 4.78. The Morgan fingerprint density at radius 3 is 3.62 bits per heavy atom. The lowest BCUT2D eigenvalue weighted by Gasteiger charge is -1.69. The van der Waals surface area contributed by atoms with E-state index in [1.807, 2.05) is 0 Å². The first-order chi connectivity index (χ1) is 3.97. The lowest BCUT2D eigenvalue weighted by Crippen LogP contribution is -1.67. The van der Waals surface area contributed by atoms with Crippen molar-refractivity contribution in [3.63, 3.8) is 0 Å². The van der Waals surface area contributed by atoms with E-state index in [1.54, 1.807) is 23.0 Å². The third-order valence-corrected chi connectivity index (χ3v) is 0.975. The molecule has 0 amide bonds. The summed E-state index contributed by atoms with van der Waals surface area (Å²) in [5, 5.41) is 0. The molecule has 0 unspecified atom stereocenters. The number of imidazole rings is 1. The fourth-order valence-corrected chi connectivity index (χ4v) is 0.612. The summed E-state index contributed by atoms with van der Waals surface area (Å²) in [7, 11) is 0. The Hall–Kier alpha value is -1.25. The van der Waals surface area contributed by atoms with Crippen molar-refractivity contribution in [1.82, 2.24) is 9.38 Å². The van der Waals surface area contributed by atoms with Crippen LogP contribution in [0.15, 0.2) is 23.0 Å². The fourth-order valence-electron chi connectivity index (χ4n) is 0.612. The molecule has 0 bridgehead atoms. The van der Waals surface area contributed by atoms with Gasteiger partial charge in [-0.15, -0.1) is 0 Å². The zero-order valence-electron chi connectivity index (χ0n) is 4.03. The van der Waals surface area contributed by atoms with Gasteiger partial charge >= 0.3 is 5.84 Å². The van der Waals surface area contributed by atoms with Crippen LogP contribution in [0.5, 0.6) is 0 Å². The molecule has 39 valence electrons. The average Bonchev–Trinajstić information content (AvgIpc) is 2.15. The molecule has 2 aromatic rings. The van der Waals surface area contributed by atoms with Gasteiger partial charge in [-0.2, -0.15) is 0 Å². The molecule has 2 rings (SSSR count). The summed E-state index contributed by atoms with van der Waals surface area (Å²) in [4.78, 5) is 3.84. The van der Waals surface area contributed by atoms with E-state index in [0.717, 1.165) is 0 Å². The predicted octanol–water partition coefficient (Wildman–Crippen LogP) is 0.727. The third kappa shape index (κ3) is 0.307. The van der Waals surface area contributed by atoms with Crippen LogP contribution in [0.4, 0.5) is 0 Å². The largest absolute Gasteiger partial charge is 0.420 e. The molecule has 0 atom stereocenters. The average molecular weight is 107 g/mol. The van der Waals surface area contributed by atoms with Crippen molar-refractivity contribution < 1.29 is 4.42 Å². The maximum Gasteiger partial charge on any atom is 0.306 e. The van der Waals surface area contributed by atoms with E-state index in [4.69, 9.17) is 4.42 Å². The van der Waals surface area contributed by atoms with E-state index in [2.05, 4.69) is 11.2 Å². The molecule has 1 radical (unpaired) electrons. The number of hydrogen-bond donors (Lipinski definition) is 0. The van der Waals surface area contributed by atoms with Gasteiger partial charge < -0.3 is 4.42 Å². The van der Waals surface area contributed by atoms with Gasteiger partial charge in [0, 0.05) is 12.4 Å². The van der Waals surface area contributed by atoms with Crippen molar-refractivity contribution in [2.24, 2.45) is 0 Å². The van der Waals surface area contributed by atoms with E-state index >= 15 is 0 Å². The number of fused-ring (bicyclic) bond motifs is 1. The summed E-state index contributed by atoms with van der Waals surface area (Å²) >= 11 is 0. The second-order valence-electron chi connectivity index (χ2n) is 1.47. The fraction of sp³-hybridized carbons (Fsp3) is 0. The van der Waals surface area contributed by atoms with Crippen LogP contribution in [0.25, 0.3) is 5.84 Å². The Labute approximate surface area is 45.6 Å². The molecule has 3 heteroatoms. The molecule has 8 heavy (non-hydrogen) atoms. The first-order valence-electron chi connectivity index (χ1n) is 2.25. The zero-order valence-corrected chi connectivity index (χ0v) is 4.03. The first kappa shape index (κ1) is 3.72. The highest BCUT2D eigenvalue weighted by molar-refractivity contribution is 5.20. The minimum Gasteiger partial charge on any atom is -0.420 e. The minimum absolute atomic E-state index is 0.588. The SMILES string of the molecule is [c]1cn2ccnc2o1. The molecule has 0 fully saturated rings. The molecule has 3 nitrogen and oxygen atoms in total. The van der Waals surface area contributed by atoms with Crippen molar-refractivity contribution in [1.29, 1.82) is 0 Å². The van der Waals surface area contributed by atoms with Crippen LogP contribution >= 0.6 is 0 Å². The molecule has 0 aliphatic heterocycles. The minimum atomic E-state index is 0.588. The van der Waals surface area contributed by atoms with E-state index in [1.165, 1.54) is 0 Å². The van der Waals surface area contributed by atoms with Crippen molar-refractivity contribution >= 4 is 5.84 Å². The van der Waals surface area contributed by atoms with Gasteiger partial charge in [0.25, 0.3) is 0 Å². The van der Waals surface area contributed by atoms with E-state index in [-0.39, 0.29) is 0 Å². The Morgan fingerprint density at radius 1 is 1.75 bits per heavy atom. The van der Waals surface area contributed by atoms with Gasteiger partial charge in [-0.1, -0.05) is 0 Å². The Kier molecular flexibility index (Phi) is 0.521. The van der Waals surface area contributed by atoms with Gasteiger partial charge in [0.05, 0.1) is 6.20 Å². The predicted molar refractivity (Wildman–Crippen MR) is 26.3 cm³/mol. The van der Waals surface area contributed by atoms with Crippen molar-refractivity contribution in [2.45, 2.75) is 0 Å². The van der Waals surface area contributed by atoms with E-state index < -0.39 is 0 Å².